The fourth-order valence-corrected chi connectivity index (χ4v) is 6.28. The zero-order valence-electron chi connectivity index (χ0n) is 19.9. The van der Waals surface area contributed by atoms with E-state index in [0.29, 0.717) is 44.3 Å². The summed E-state index contributed by atoms with van der Waals surface area (Å²) in [4.78, 5) is 42.1. The first-order chi connectivity index (χ1) is 15.7. The van der Waals surface area contributed by atoms with Gasteiger partial charge >= 0.3 is 0 Å². The van der Waals surface area contributed by atoms with Gasteiger partial charge < -0.3 is 25.4 Å². The topological polar surface area (TPSA) is 108 Å². The lowest BCUT2D eigenvalue weighted by Gasteiger charge is -2.33. The first-order valence-electron chi connectivity index (χ1n) is 12.0. The van der Waals surface area contributed by atoms with Gasteiger partial charge in [0.1, 0.15) is 11.6 Å². The number of rotatable bonds is 8. The fraction of sp³-hybridized carbons (Fsp3) is 0.640. The number of carbonyl (C=O) groups is 3. The predicted molar refractivity (Wildman–Crippen MR) is 123 cm³/mol. The second kappa shape index (κ2) is 8.72. The molecule has 0 saturated carbocycles. The molecule has 1 aromatic carbocycles. The van der Waals surface area contributed by atoms with Gasteiger partial charge in [-0.25, -0.2) is 0 Å². The number of likely N-dealkylation sites (tertiary alicyclic amines) is 1. The maximum Gasteiger partial charge on any atom is 0.250 e. The summed E-state index contributed by atoms with van der Waals surface area (Å²) in [6.45, 7) is 6.23. The molecule has 8 nitrogen and oxygen atoms in total. The maximum absolute atomic E-state index is 13.8. The first-order valence-corrected chi connectivity index (χ1v) is 12.0. The minimum atomic E-state index is -1.02. The van der Waals surface area contributed by atoms with E-state index in [1.807, 2.05) is 39.0 Å². The largest absolute Gasteiger partial charge is 0.396 e. The van der Waals surface area contributed by atoms with Gasteiger partial charge in [0.2, 0.25) is 17.7 Å². The Morgan fingerprint density at radius 1 is 1.21 bits per heavy atom. The van der Waals surface area contributed by atoms with Crippen molar-refractivity contribution >= 4 is 23.4 Å². The van der Waals surface area contributed by atoms with Crippen molar-refractivity contribution in [2.45, 2.75) is 70.1 Å². The number of nitrogens with zero attached hydrogens (tertiary/aromatic N) is 1. The number of amides is 3. The minimum absolute atomic E-state index is 0.0201. The highest BCUT2D eigenvalue weighted by Gasteiger charge is 2.78. The molecule has 33 heavy (non-hydrogen) atoms. The zero-order valence-corrected chi connectivity index (χ0v) is 19.9. The van der Waals surface area contributed by atoms with Crippen molar-refractivity contribution in [3.63, 3.8) is 0 Å². The third kappa shape index (κ3) is 3.54. The van der Waals surface area contributed by atoms with Gasteiger partial charge in [-0.1, -0.05) is 19.1 Å². The Bertz CT molecular complexity index is 965. The van der Waals surface area contributed by atoms with Gasteiger partial charge in [0.05, 0.1) is 17.4 Å². The van der Waals surface area contributed by atoms with E-state index in [1.165, 1.54) is 0 Å². The van der Waals surface area contributed by atoms with Gasteiger partial charge in [-0.05, 0) is 63.1 Å². The molecule has 1 aromatic rings. The Hall–Kier alpha value is -2.45. The van der Waals surface area contributed by atoms with Crippen LogP contribution in [0.25, 0.3) is 0 Å². The summed E-state index contributed by atoms with van der Waals surface area (Å²) in [5.74, 6) is -1.99. The van der Waals surface area contributed by atoms with Gasteiger partial charge in [-0.2, -0.15) is 0 Å². The summed E-state index contributed by atoms with van der Waals surface area (Å²) in [6.07, 6.45) is 2.91. The Morgan fingerprint density at radius 2 is 1.97 bits per heavy atom. The van der Waals surface area contributed by atoms with Crippen molar-refractivity contribution in [3.05, 3.63) is 29.3 Å². The average molecular weight is 458 g/mol. The van der Waals surface area contributed by atoms with Crippen LogP contribution in [0.2, 0.25) is 0 Å². The summed E-state index contributed by atoms with van der Waals surface area (Å²) in [6, 6.07) is 5.04. The summed E-state index contributed by atoms with van der Waals surface area (Å²) >= 11 is 0. The van der Waals surface area contributed by atoms with Crippen molar-refractivity contribution in [1.82, 2.24) is 10.2 Å². The summed E-state index contributed by atoms with van der Waals surface area (Å²) in [5, 5.41) is 15.0. The third-order valence-electron chi connectivity index (χ3n) is 7.92. The van der Waals surface area contributed by atoms with E-state index < -0.39 is 29.1 Å². The summed E-state index contributed by atoms with van der Waals surface area (Å²) in [7, 11) is 1.58. The molecule has 3 saturated heterocycles. The molecule has 0 aromatic heterocycles. The lowest BCUT2D eigenvalue weighted by atomic mass is 9.65. The second-order valence-corrected chi connectivity index (χ2v) is 9.72. The van der Waals surface area contributed by atoms with Gasteiger partial charge in [-0.3, -0.25) is 14.4 Å². The average Bonchev–Trinajstić information content (AvgIpc) is 3.40. The second-order valence-electron chi connectivity index (χ2n) is 9.72. The van der Waals surface area contributed by atoms with Crippen molar-refractivity contribution < 1.29 is 24.2 Å². The Balaban J connectivity index is 1.74. The van der Waals surface area contributed by atoms with Crippen LogP contribution >= 0.6 is 0 Å². The smallest absolute Gasteiger partial charge is 0.250 e. The number of carbonyl (C=O) groups excluding carboxylic acids is 3. The molecular formula is C25H35N3O5. The molecule has 8 heteroatoms. The molecule has 3 fully saturated rings. The van der Waals surface area contributed by atoms with Crippen LogP contribution in [0, 0.1) is 25.7 Å². The maximum atomic E-state index is 13.8. The molecule has 3 heterocycles. The van der Waals surface area contributed by atoms with Gasteiger partial charge in [0.25, 0.3) is 0 Å². The Labute approximate surface area is 195 Å². The fourth-order valence-electron chi connectivity index (χ4n) is 6.28. The number of hydrogen-bond acceptors (Lipinski definition) is 5. The molecule has 180 valence electrons. The van der Waals surface area contributed by atoms with Crippen LogP contribution in [0.1, 0.15) is 50.2 Å². The van der Waals surface area contributed by atoms with Crippen molar-refractivity contribution in [3.8, 4) is 0 Å². The molecule has 2 bridgehead atoms. The van der Waals surface area contributed by atoms with Crippen LogP contribution in [0.3, 0.4) is 0 Å². The van der Waals surface area contributed by atoms with Crippen LogP contribution in [0.5, 0.6) is 0 Å². The van der Waals surface area contributed by atoms with E-state index in [-0.39, 0.29) is 24.3 Å². The molecule has 2 unspecified atom stereocenters. The van der Waals surface area contributed by atoms with Crippen LogP contribution < -0.4 is 10.6 Å². The standard InChI is InChI=1S/C25H35N3O5/c1-5-24-10-11-25(33-24)19(18(24)21(30)26-4)23(32)28(12-6-7-13-29)20(25)22(31)27-17-14-15(2)8-9-16(17)3/h8-9,14,18-20,29H,5-7,10-13H2,1-4H3,(H,26,30)(H,27,31)/t18-,19-,20?,24+,25?/m0/s1. The van der Waals surface area contributed by atoms with E-state index in [1.54, 1.807) is 11.9 Å². The number of unbranched alkanes of at least 4 members (excludes halogenated alkanes) is 1. The number of aliphatic hydroxyl groups is 1. The van der Waals surface area contributed by atoms with E-state index >= 15 is 0 Å². The number of fused-ring (bicyclic) bond motifs is 1. The predicted octanol–water partition coefficient (Wildman–Crippen LogP) is 1.92. The molecule has 3 N–H and O–H groups in total. The lowest BCUT2D eigenvalue weighted by Crippen LogP contribution is -2.53. The van der Waals surface area contributed by atoms with Gasteiger partial charge in [0, 0.05) is 25.9 Å². The number of hydrogen-bond donors (Lipinski definition) is 3. The summed E-state index contributed by atoms with van der Waals surface area (Å²) in [5.41, 5.74) is 0.921. The molecule has 1 spiro atoms. The highest BCUT2D eigenvalue weighted by molar-refractivity contribution is 6.04. The molecule has 0 aliphatic carbocycles. The number of aryl methyl sites for hydroxylation is 2. The third-order valence-corrected chi connectivity index (χ3v) is 7.92. The Kier molecular flexibility index (Phi) is 6.26. The molecule has 0 radical (unpaired) electrons. The molecule has 5 atom stereocenters. The van der Waals surface area contributed by atoms with E-state index in [9.17, 15) is 19.5 Å². The van der Waals surface area contributed by atoms with Crippen LogP contribution in [-0.2, 0) is 19.1 Å². The number of aliphatic hydroxyl groups excluding tert-OH is 1. The van der Waals surface area contributed by atoms with Crippen molar-refractivity contribution in [1.29, 1.82) is 0 Å². The van der Waals surface area contributed by atoms with Gasteiger partial charge in [-0.15, -0.1) is 0 Å². The van der Waals surface area contributed by atoms with Crippen LogP contribution in [-0.4, -0.2) is 65.2 Å². The zero-order chi connectivity index (χ0) is 24.0. The van der Waals surface area contributed by atoms with Crippen LogP contribution in [0.15, 0.2) is 18.2 Å². The molecule has 3 aliphatic heterocycles. The number of anilines is 1. The van der Waals surface area contributed by atoms with Crippen molar-refractivity contribution in [2.75, 3.05) is 25.5 Å². The van der Waals surface area contributed by atoms with Gasteiger partial charge in [0.15, 0.2) is 0 Å². The number of nitrogens with one attached hydrogen (secondary N) is 2. The van der Waals surface area contributed by atoms with E-state index in [4.69, 9.17) is 4.74 Å². The first kappa shape index (κ1) is 23.7. The SMILES string of the molecule is CC[C@]12CCC3(O1)C(C(=O)Nc1cc(C)ccc1C)N(CCCCO)C(=O)[C@@H]3[C@H]2C(=O)NC. The highest BCUT2D eigenvalue weighted by Crippen LogP contribution is 2.64. The molecule has 3 amide bonds. The number of benzene rings is 1. The van der Waals surface area contributed by atoms with E-state index in [2.05, 4.69) is 10.6 Å². The van der Waals surface area contributed by atoms with Crippen LogP contribution in [0.4, 0.5) is 5.69 Å². The highest BCUT2D eigenvalue weighted by atomic mass is 16.5. The number of ether oxygens (including phenoxy) is 1. The van der Waals surface area contributed by atoms with E-state index in [0.717, 1.165) is 11.1 Å². The normalized spacial score (nSPS) is 32.2. The Morgan fingerprint density at radius 3 is 2.64 bits per heavy atom. The quantitative estimate of drug-likeness (QED) is 0.517. The minimum Gasteiger partial charge on any atom is -0.396 e. The summed E-state index contributed by atoms with van der Waals surface area (Å²) < 4.78 is 6.66. The molecule has 4 rings (SSSR count). The monoisotopic (exact) mass is 457 g/mol. The lowest BCUT2D eigenvalue weighted by molar-refractivity contribution is -0.145. The van der Waals surface area contributed by atoms with Crippen molar-refractivity contribution in [2.24, 2.45) is 11.8 Å². The molecular weight excluding hydrogens is 422 g/mol. The molecule has 3 aliphatic rings.